The van der Waals surface area contributed by atoms with Crippen molar-refractivity contribution in [2.45, 2.75) is 0 Å². The van der Waals surface area contributed by atoms with Crippen molar-refractivity contribution in [3.63, 3.8) is 0 Å². The molecule has 1 aliphatic carbocycles. The van der Waals surface area contributed by atoms with Crippen LogP contribution in [0.4, 0.5) is 0 Å². The Morgan fingerprint density at radius 3 is 2.38 bits per heavy atom. The summed E-state index contributed by atoms with van der Waals surface area (Å²) in [5.41, 5.74) is 0.451. The molecule has 0 amide bonds. The quantitative estimate of drug-likeness (QED) is 0.555. The van der Waals surface area contributed by atoms with Crippen LogP contribution in [0.15, 0.2) is 30.3 Å². The lowest BCUT2D eigenvalue weighted by molar-refractivity contribution is -0.111. The Balaban J connectivity index is 2.55. The number of hydrogen-bond donors (Lipinski definition) is 0. The first-order valence-corrected chi connectivity index (χ1v) is 5.27. The third-order valence-corrected chi connectivity index (χ3v) is 2.40. The van der Waals surface area contributed by atoms with Crippen molar-refractivity contribution < 1.29 is 22.5 Å². The van der Waals surface area contributed by atoms with Crippen molar-refractivity contribution >= 4 is 28.7 Å². The Kier molecular flexibility index (Phi) is 2.67. The maximum atomic E-state index is 11.4. The fraction of sp³-hybridized carbons (Fsp3) is 0. The Hall–Kier alpha value is -1.79. The summed E-state index contributed by atoms with van der Waals surface area (Å²) in [6.07, 6.45) is 0.875. The van der Waals surface area contributed by atoms with Crippen molar-refractivity contribution in [2.75, 3.05) is 0 Å². The van der Waals surface area contributed by atoms with E-state index in [2.05, 4.69) is 4.18 Å². The number of Topliss-reactive ketones (excluding diaryl/α,β-unsaturated/α-hetero) is 1. The molecule has 0 spiro atoms. The van der Waals surface area contributed by atoms with Crippen LogP contribution in [-0.4, -0.2) is 20.3 Å². The predicted octanol–water partition coefficient (Wildman–Crippen LogP) is 0.604. The summed E-state index contributed by atoms with van der Waals surface area (Å²) in [5.74, 6) is -1.59. The van der Waals surface area contributed by atoms with E-state index < -0.39 is 22.9 Å². The lowest BCUT2D eigenvalue weighted by Gasteiger charge is -2.16. The molecular weight excluding hydrogens is 232 g/mol. The van der Waals surface area contributed by atoms with Crippen molar-refractivity contribution in [2.24, 2.45) is 0 Å². The smallest absolute Gasteiger partial charge is 0.233 e. The number of carbonyl (C=O) groups excluding carboxylic acids is 2. The van der Waals surface area contributed by atoms with E-state index in [0.29, 0.717) is 5.56 Å². The van der Waals surface area contributed by atoms with Crippen LogP contribution in [-0.2, 0) is 20.3 Å². The highest BCUT2D eigenvalue weighted by Crippen LogP contribution is 2.26. The summed E-state index contributed by atoms with van der Waals surface area (Å²) in [6, 6.07) is 6.16. The van der Waals surface area contributed by atoms with Crippen LogP contribution in [0.5, 0.6) is 0 Å². The van der Waals surface area contributed by atoms with Crippen molar-refractivity contribution in [3.8, 4) is 0 Å². The van der Waals surface area contributed by atoms with E-state index in [4.69, 9.17) is 0 Å². The van der Waals surface area contributed by atoms with Crippen LogP contribution in [0.3, 0.4) is 0 Å². The molecule has 1 atom stereocenters. The highest BCUT2D eigenvalue weighted by molar-refractivity contribution is 7.74. The molecule has 6 heteroatoms. The first kappa shape index (κ1) is 10.7. The average molecular weight is 237 g/mol. The van der Waals surface area contributed by atoms with Crippen molar-refractivity contribution in [3.05, 3.63) is 41.5 Å². The average Bonchev–Trinajstić information content (AvgIpc) is 2.25. The molecule has 82 valence electrons. The first-order valence-electron chi connectivity index (χ1n) is 4.27. The van der Waals surface area contributed by atoms with Gasteiger partial charge in [0.1, 0.15) is 11.4 Å². The normalized spacial score (nSPS) is 16.4. The third-order valence-electron chi connectivity index (χ3n) is 2.08. The molecule has 0 bridgehead atoms. The van der Waals surface area contributed by atoms with Crippen molar-refractivity contribution in [1.29, 1.82) is 0 Å². The molecule has 1 unspecified atom stereocenters. The van der Waals surface area contributed by atoms with Gasteiger partial charge in [-0.25, -0.2) is 4.21 Å². The largest absolute Gasteiger partial charge is 0.740 e. The molecule has 0 saturated carbocycles. The molecule has 0 N–H and O–H groups in total. The molecule has 1 aromatic carbocycles. The highest BCUT2D eigenvalue weighted by Gasteiger charge is 2.26. The lowest BCUT2D eigenvalue weighted by atomic mass is 9.94. The predicted molar refractivity (Wildman–Crippen MR) is 53.8 cm³/mol. The Morgan fingerprint density at radius 1 is 1.12 bits per heavy atom. The second-order valence-electron chi connectivity index (χ2n) is 3.04. The molecule has 2 rings (SSSR count). The standard InChI is InChI=1S/C10H6O5S/c11-8-5-9(15-16(13)14)6-3-1-2-4-7(6)10(8)12/h1-5H,(H,13,14)/p-1. The zero-order valence-electron chi connectivity index (χ0n) is 7.84. The number of hydrogen-bond acceptors (Lipinski definition) is 5. The minimum Gasteiger partial charge on any atom is -0.740 e. The van der Waals surface area contributed by atoms with Crippen LogP contribution in [0.25, 0.3) is 5.76 Å². The summed E-state index contributed by atoms with van der Waals surface area (Å²) in [6.45, 7) is 0. The SMILES string of the molecule is O=C1C=C(OS(=O)[O-])c2ccccc2C1=O. The molecule has 0 radical (unpaired) electrons. The van der Waals surface area contributed by atoms with E-state index in [1.165, 1.54) is 12.1 Å². The minimum absolute atomic E-state index is 0.131. The fourth-order valence-corrected chi connectivity index (χ4v) is 1.72. The number of rotatable bonds is 2. The second-order valence-corrected chi connectivity index (χ2v) is 3.61. The monoisotopic (exact) mass is 237 g/mol. The van der Waals surface area contributed by atoms with Crippen LogP contribution in [0.2, 0.25) is 0 Å². The Morgan fingerprint density at radius 2 is 1.75 bits per heavy atom. The summed E-state index contributed by atoms with van der Waals surface area (Å²) < 4.78 is 25.3. The van der Waals surface area contributed by atoms with Crippen LogP contribution >= 0.6 is 0 Å². The van der Waals surface area contributed by atoms with Gasteiger partial charge in [0.15, 0.2) is 5.76 Å². The molecule has 0 fully saturated rings. The van der Waals surface area contributed by atoms with E-state index in [-0.39, 0.29) is 11.3 Å². The number of benzene rings is 1. The zero-order chi connectivity index (χ0) is 11.7. The topological polar surface area (TPSA) is 83.5 Å². The van der Waals surface area contributed by atoms with Gasteiger partial charge in [-0.1, -0.05) is 24.3 Å². The molecule has 5 nitrogen and oxygen atoms in total. The van der Waals surface area contributed by atoms with Crippen molar-refractivity contribution in [1.82, 2.24) is 0 Å². The number of fused-ring (bicyclic) bond motifs is 1. The number of ketones is 2. The zero-order valence-corrected chi connectivity index (χ0v) is 8.65. The van der Waals surface area contributed by atoms with Gasteiger partial charge in [0.25, 0.3) is 0 Å². The maximum absolute atomic E-state index is 11.4. The van der Waals surface area contributed by atoms with Gasteiger partial charge in [0.2, 0.25) is 11.6 Å². The fourth-order valence-electron chi connectivity index (χ4n) is 1.43. The van der Waals surface area contributed by atoms with Gasteiger partial charge in [0, 0.05) is 17.2 Å². The molecule has 1 aliphatic rings. The second kappa shape index (κ2) is 3.99. The van der Waals surface area contributed by atoms with Gasteiger partial charge in [0.05, 0.1) is 0 Å². The summed E-state index contributed by atoms with van der Waals surface area (Å²) in [4.78, 5) is 22.7. The van der Waals surface area contributed by atoms with Gasteiger partial charge < -0.3 is 8.74 Å². The number of carbonyl (C=O) groups is 2. The molecule has 16 heavy (non-hydrogen) atoms. The van der Waals surface area contributed by atoms with E-state index in [9.17, 15) is 18.4 Å². The summed E-state index contributed by atoms with van der Waals surface area (Å²) in [5, 5.41) is 0. The van der Waals surface area contributed by atoms with Gasteiger partial charge in [-0.2, -0.15) is 0 Å². The third kappa shape index (κ3) is 1.80. The van der Waals surface area contributed by atoms with Crippen LogP contribution in [0, 0.1) is 0 Å². The lowest BCUT2D eigenvalue weighted by Crippen LogP contribution is -2.19. The van der Waals surface area contributed by atoms with Gasteiger partial charge in [-0.05, 0) is 0 Å². The van der Waals surface area contributed by atoms with Gasteiger partial charge in [-0.15, -0.1) is 0 Å². The minimum atomic E-state index is -2.78. The Bertz CT molecular complexity index is 532. The number of allylic oxidation sites excluding steroid dienone is 1. The molecule has 0 aliphatic heterocycles. The van der Waals surface area contributed by atoms with E-state index in [1.807, 2.05) is 0 Å². The molecule has 0 aromatic heterocycles. The molecule has 0 saturated heterocycles. The Labute approximate surface area is 93.2 Å². The van der Waals surface area contributed by atoms with E-state index in [0.717, 1.165) is 6.08 Å². The van der Waals surface area contributed by atoms with Crippen LogP contribution in [0.1, 0.15) is 15.9 Å². The van der Waals surface area contributed by atoms with Gasteiger partial charge in [-0.3, -0.25) is 9.59 Å². The van der Waals surface area contributed by atoms with E-state index >= 15 is 0 Å². The summed E-state index contributed by atoms with van der Waals surface area (Å²) >= 11 is -2.78. The maximum Gasteiger partial charge on any atom is 0.233 e. The first-order chi connectivity index (χ1) is 7.59. The van der Waals surface area contributed by atoms with E-state index in [1.54, 1.807) is 12.1 Å². The van der Waals surface area contributed by atoms with Gasteiger partial charge >= 0.3 is 0 Å². The molecular formula is C10H5O5S-. The molecule has 0 heterocycles. The molecule has 1 aromatic rings. The summed E-state index contributed by atoms with van der Waals surface area (Å²) in [7, 11) is 0. The highest BCUT2D eigenvalue weighted by atomic mass is 32.2. The van der Waals surface area contributed by atoms with Crippen LogP contribution < -0.4 is 0 Å².